The molecule has 0 aromatic rings. The standard InChI is InChI=1S/C8H13F2NO/c1-7(9,10)8(6-12)2-4-11-5-3-8/h6,11H,2-5H2,1H3. The second-order valence-electron chi connectivity index (χ2n) is 3.41. The highest BCUT2D eigenvalue weighted by Gasteiger charge is 2.50. The van der Waals surface area contributed by atoms with Gasteiger partial charge < -0.3 is 10.1 Å². The van der Waals surface area contributed by atoms with Crippen molar-refractivity contribution in [3.8, 4) is 0 Å². The molecule has 0 spiro atoms. The van der Waals surface area contributed by atoms with Crippen LogP contribution in [-0.4, -0.2) is 25.3 Å². The lowest BCUT2D eigenvalue weighted by Gasteiger charge is -2.37. The van der Waals surface area contributed by atoms with Crippen molar-refractivity contribution < 1.29 is 13.6 Å². The molecule has 1 saturated heterocycles. The van der Waals surface area contributed by atoms with E-state index in [1.807, 2.05) is 0 Å². The predicted molar refractivity (Wildman–Crippen MR) is 41.2 cm³/mol. The highest BCUT2D eigenvalue weighted by molar-refractivity contribution is 5.61. The Morgan fingerprint density at radius 3 is 2.17 bits per heavy atom. The summed E-state index contributed by atoms with van der Waals surface area (Å²) in [5.74, 6) is -2.89. The van der Waals surface area contributed by atoms with Gasteiger partial charge in [-0.25, -0.2) is 8.78 Å². The van der Waals surface area contributed by atoms with Gasteiger partial charge in [-0.05, 0) is 25.9 Å². The fraction of sp³-hybridized carbons (Fsp3) is 0.875. The molecule has 70 valence electrons. The lowest BCUT2D eigenvalue weighted by molar-refractivity contribution is -0.147. The van der Waals surface area contributed by atoms with E-state index < -0.39 is 11.3 Å². The van der Waals surface area contributed by atoms with Gasteiger partial charge in [0.15, 0.2) is 0 Å². The third-order valence-corrected chi connectivity index (χ3v) is 2.60. The number of aldehydes is 1. The van der Waals surface area contributed by atoms with Crippen molar-refractivity contribution in [3.05, 3.63) is 0 Å². The van der Waals surface area contributed by atoms with Crippen molar-refractivity contribution in [2.45, 2.75) is 25.7 Å². The number of carbonyl (C=O) groups is 1. The van der Waals surface area contributed by atoms with Crippen molar-refractivity contribution in [2.75, 3.05) is 13.1 Å². The molecular weight excluding hydrogens is 164 g/mol. The topological polar surface area (TPSA) is 29.1 Å². The zero-order valence-corrected chi connectivity index (χ0v) is 7.07. The Bertz CT molecular complexity index is 170. The van der Waals surface area contributed by atoms with Crippen LogP contribution in [0.3, 0.4) is 0 Å². The first-order valence-corrected chi connectivity index (χ1v) is 4.07. The van der Waals surface area contributed by atoms with Crippen molar-refractivity contribution in [1.29, 1.82) is 0 Å². The molecule has 1 heterocycles. The molecule has 1 N–H and O–H groups in total. The minimum Gasteiger partial charge on any atom is -0.317 e. The average Bonchev–Trinajstić information content (AvgIpc) is 2.04. The third kappa shape index (κ3) is 1.48. The van der Waals surface area contributed by atoms with E-state index in [2.05, 4.69) is 5.32 Å². The summed E-state index contributed by atoms with van der Waals surface area (Å²) in [5.41, 5.74) is -1.42. The fourth-order valence-corrected chi connectivity index (χ4v) is 1.53. The van der Waals surface area contributed by atoms with Crippen LogP contribution in [-0.2, 0) is 4.79 Å². The monoisotopic (exact) mass is 177 g/mol. The summed E-state index contributed by atoms with van der Waals surface area (Å²) in [7, 11) is 0. The summed E-state index contributed by atoms with van der Waals surface area (Å²) in [5, 5.41) is 2.95. The fourth-order valence-electron chi connectivity index (χ4n) is 1.53. The van der Waals surface area contributed by atoms with Crippen LogP contribution >= 0.6 is 0 Å². The Morgan fingerprint density at radius 1 is 1.42 bits per heavy atom. The molecule has 1 fully saturated rings. The first-order valence-electron chi connectivity index (χ1n) is 4.07. The maximum absolute atomic E-state index is 13.0. The van der Waals surface area contributed by atoms with E-state index in [0.717, 1.165) is 6.92 Å². The molecule has 0 atom stereocenters. The summed E-state index contributed by atoms with van der Waals surface area (Å²) in [6.07, 6.45) is 0.897. The number of halogens is 2. The normalized spacial score (nSPS) is 23.6. The number of nitrogens with one attached hydrogen (secondary N) is 1. The summed E-state index contributed by atoms with van der Waals surface area (Å²) in [6.45, 7) is 1.83. The zero-order chi connectivity index (χ0) is 9.24. The molecule has 0 saturated carbocycles. The zero-order valence-electron chi connectivity index (χ0n) is 7.07. The van der Waals surface area contributed by atoms with Crippen LogP contribution in [0.2, 0.25) is 0 Å². The Morgan fingerprint density at radius 2 is 1.92 bits per heavy atom. The minimum atomic E-state index is -2.89. The van der Waals surface area contributed by atoms with Gasteiger partial charge in [-0.2, -0.15) is 0 Å². The van der Waals surface area contributed by atoms with E-state index in [0.29, 0.717) is 19.4 Å². The Labute approximate surface area is 70.3 Å². The van der Waals surface area contributed by atoms with E-state index in [9.17, 15) is 13.6 Å². The highest BCUT2D eigenvalue weighted by atomic mass is 19.3. The largest absolute Gasteiger partial charge is 0.317 e. The van der Waals surface area contributed by atoms with Crippen molar-refractivity contribution in [1.82, 2.24) is 5.32 Å². The number of rotatable bonds is 2. The first kappa shape index (κ1) is 9.58. The average molecular weight is 177 g/mol. The highest BCUT2D eigenvalue weighted by Crippen LogP contribution is 2.41. The van der Waals surface area contributed by atoms with Gasteiger partial charge in [-0.15, -0.1) is 0 Å². The van der Waals surface area contributed by atoms with E-state index in [-0.39, 0.29) is 12.8 Å². The van der Waals surface area contributed by atoms with Crippen LogP contribution in [0.4, 0.5) is 8.78 Å². The first-order chi connectivity index (χ1) is 5.52. The number of alkyl halides is 2. The van der Waals surface area contributed by atoms with Crippen molar-refractivity contribution >= 4 is 6.29 Å². The van der Waals surface area contributed by atoms with Crippen LogP contribution in [0, 0.1) is 5.41 Å². The van der Waals surface area contributed by atoms with Gasteiger partial charge in [0.1, 0.15) is 6.29 Å². The third-order valence-electron chi connectivity index (χ3n) is 2.60. The smallest absolute Gasteiger partial charge is 0.257 e. The number of hydrogen-bond acceptors (Lipinski definition) is 2. The number of carbonyl (C=O) groups excluding carboxylic acids is 1. The van der Waals surface area contributed by atoms with Gasteiger partial charge >= 0.3 is 0 Å². The molecule has 2 nitrogen and oxygen atoms in total. The quantitative estimate of drug-likeness (QED) is 0.642. The molecule has 0 amide bonds. The second kappa shape index (κ2) is 3.09. The summed E-state index contributed by atoms with van der Waals surface area (Å²) in [4.78, 5) is 10.6. The van der Waals surface area contributed by atoms with Crippen LogP contribution in [0.25, 0.3) is 0 Å². The number of piperidine rings is 1. The van der Waals surface area contributed by atoms with Crippen molar-refractivity contribution in [3.63, 3.8) is 0 Å². The molecule has 0 bridgehead atoms. The molecular formula is C8H13F2NO. The van der Waals surface area contributed by atoms with Crippen LogP contribution in [0.1, 0.15) is 19.8 Å². The molecule has 1 aliphatic heterocycles. The molecule has 0 radical (unpaired) electrons. The molecule has 12 heavy (non-hydrogen) atoms. The van der Waals surface area contributed by atoms with Gasteiger partial charge in [-0.3, -0.25) is 0 Å². The number of hydrogen-bond donors (Lipinski definition) is 1. The molecule has 1 rings (SSSR count). The van der Waals surface area contributed by atoms with Gasteiger partial charge in [0, 0.05) is 6.92 Å². The van der Waals surface area contributed by atoms with E-state index in [1.54, 1.807) is 0 Å². The van der Waals surface area contributed by atoms with Crippen LogP contribution in [0.5, 0.6) is 0 Å². The summed E-state index contributed by atoms with van der Waals surface area (Å²) in [6, 6.07) is 0. The molecule has 0 unspecified atom stereocenters. The summed E-state index contributed by atoms with van der Waals surface area (Å²) < 4.78 is 26.0. The van der Waals surface area contributed by atoms with Crippen molar-refractivity contribution in [2.24, 2.45) is 5.41 Å². The second-order valence-corrected chi connectivity index (χ2v) is 3.41. The Kier molecular flexibility index (Phi) is 2.46. The maximum atomic E-state index is 13.0. The predicted octanol–water partition coefficient (Wildman–Crippen LogP) is 1.21. The summed E-state index contributed by atoms with van der Waals surface area (Å²) >= 11 is 0. The molecule has 4 heteroatoms. The maximum Gasteiger partial charge on any atom is 0.257 e. The van der Waals surface area contributed by atoms with Gasteiger partial charge in [0.25, 0.3) is 5.92 Å². The van der Waals surface area contributed by atoms with E-state index >= 15 is 0 Å². The lowest BCUT2D eigenvalue weighted by Crippen LogP contribution is -2.48. The minimum absolute atomic E-state index is 0.236. The Balaban J connectivity index is 2.80. The SMILES string of the molecule is CC(F)(F)C1(C=O)CCNCC1. The molecule has 0 aromatic heterocycles. The molecule has 0 aliphatic carbocycles. The lowest BCUT2D eigenvalue weighted by atomic mass is 9.75. The van der Waals surface area contributed by atoms with E-state index in [1.165, 1.54) is 0 Å². The van der Waals surface area contributed by atoms with Gasteiger partial charge in [0.05, 0.1) is 5.41 Å². The molecule has 0 aromatic carbocycles. The van der Waals surface area contributed by atoms with Gasteiger partial charge in [0.2, 0.25) is 0 Å². The van der Waals surface area contributed by atoms with Crippen LogP contribution in [0.15, 0.2) is 0 Å². The van der Waals surface area contributed by atoms with Crippen LogP contribution < -0.4 is 5.32 Å². The molecule has 1 aliphatic rings. The Hall–Kier alpha value is -0.510. The van der Waals surface area contributed by atoms with Gasteiger partial charge in [-0.1, -0.05) is 0 Å². The van der Waals surface area contributed by atoms with E-state index in [4.69, 9.17) is 0 Å².